The third-order valence-electron chi connectivity index (χ3n) is 3.62. The Morgan fingerprint density at radius 1 is 1.30 bits per heavy atom. The highest BCUT2D eigenvalue weighted by molar-refractivity contribution is 7.89. The van der Waals surface area contributed by atoms with Crippen LogP contribution in [-0.4, -0.2) is 49.3 Å². The number of aliphatic carboxylic acids is 1. The molecule has 126 valence electrons. The quantitative estimate of drug-likeness (QED) is 0.813. The topological polar surface area (TPSA) is 104 Å². The third kappa shape index (κ3) is 4.43. The average Bonchev–Trinajstić information content (AvgIpc) is 2.53. The lowest BCUT2D eigenvalue weighted by molar-refractivity contribution is -0.138. The van der Waals surface area contributed by atoms with Gasteiger partial charge in [-0.3, -0.25) is 9.59 Å². The molecular formula is C14H17ClN2O5S. The van der Waals surface area contributed by atoms with E-state index in [-0.39, 0.29) is 11.4 Å². The standard InChI is InChI=1S/C14H17ClN2O5S/c15-11-3-5-12(6-4-11)23(21,22)17-7-1-2-10(9-17)14(20)16-8-13(18)19/h3-6,10H,1-2,7-9H2,(H,16,20)(H,18,19)/t10-/m0/s1. The van der Waals surface area contributed by atoms with Crippen molar-refractivity contribution in [1.82, 2.24) is 9.62 Å². The first-order valence-corrected chi connectivity index (χ1v) is 8.87. The molecule has 0 unspecified atom stereocenters. The highest BCUT2D eigenvalue weighted by atomic mass is 35.5. The fraction of sp³-hybridized carbons (Fsp3) is 0.429. The maximum absolute atomic E-state index is 12.6. The molecule has 0 spiro atoms. The van der Waals surface area contributed by atoms with E-state index >= 15 is 0 Å². The van der Waals surface area contributed by atoms with E-state index in [1.54, 1.807) is 0 Å². The van der Waals surface area contributed by atoms with Crippen LogP contribution in [0, 0.1) is 5.92 Å². The molecule has 1 aromatic rings. The van der Waals surface area contributed by atoms with Crippen LogP contribution in [-0.2, 0) is 19.6 Å². The van der Waals surface area contributed by atoms with Crippen molar-refractivity contribution in [2.75, 3.05) is 19.6 Å². The second kappa shape index (κ2) is 7.29. The van der Waals surface area contributed by atoms with E-state index in [0.29, 0.717) is 24.4 Å². The molecule has 1 heterocycles. The van der Waals surface area contributed by atoms with Crippen molar-refractivity contribution >= 4 is 33.5 Å². The molecule has 7 nitrogen and oxygen atoms in total. The number of hydrogen-bond acceptors (Lipinski definition) is 4. The van der Waals surface area contributed by atoms with Crippen molar-refractivity contribution in [3.8, 4) is 0 Å². The number of benzene rings is 1. The SMILES string of the molecule is O=C(O)CNC(=O)[C@H]1CCCN(S(=O)(=O)c2ccc(Cl)cc2)C1. The summed E-state index contributed by atoms with van der Waals surface area (Å²) in [6.45, 7) is -0.108. The molecule has 0 radical (unpaired) electrons. The van der Waals surface area contributed by atoms with Gasteiger partial charge in [0.05, 0.1) is 10.8 Å². The molecule has 1 fully saturated rings. The van der Waals surface area contributed by atoms with Gasteiger partial charge in [0.25, 0.3) is 0 Å². The van der Waals surface area contributed by atoms with E-state index in [0.717, 1.165) is 0 Å². The lowest BCUT2D eigenvalue weighted by Gasteiger charge is -2.31. The molecule has 2 N–H and O–H groups in total. The van der Waals surface area contributed by atoms with Gasteiger partial charge in [0.1, 0.15) is 6.54 Å². The van der Waals surface area contributed by atoms with Gasteiger partial charge >= 0.3 is 5.97 Å². The number of sulfonamides is 1. The molecular weight excluding hydrogens is 344 g/mol. The first-order valence-electron chi connectivity index (χ1n) is 7.06. The van der Waals surface area contributed by atoms with Crippen LogP contribution in [0.2, 0.25) is 5.02 Å². The Kier molecular flexibility index (Phi) is 5.61. The smallest absolute Gasteiger partial charge is 0.322 e. The fourth-order valence-electron chi connectivity index (χ4n) is 2.44. The summed E-state index contributed by atoms with van der Waals surface area (Å²) in [7, 11) is -3.70. The van der Waals surface area contributed by atoms with Crippen LogP contribution in [0.1, 0.15) is 12.8 Å². The van der Waals surface area contributed by atoms with Gasteiger partial charge in [-0.1, -0.05) is 11.6 Å². The molecule has 0 bridgehead atoms. The first kappa shape index (κ1) is 17.7. The Labute approximate surface area is 139 Å². The molecule has 0 aromatic heterocycles. The van der Waals surface area contributed by atoms with Crippen LogP contribution >= 0.6 is 11.6 Å². The lowest BCUT2D eigenvalue weighted by atomic mass is 9.99. The van der Waals surface area contributed by atoms with Gasteiger partial charge in [0.15, 0.2) is 0 Å². The first-order chi connectivity index (χ1) is 10.8. The van der Waals surface area contributed by atoms with Crippen LogP contribution in [0.15, 0.2) is 29.2 Å². The molecule has 23 heavy (non-hydrogen) atoms. The van der Waals surface area contributed by atoms with E-state index in [1.807, 2.05) is 0 Å². The Bertz CT molecular complexity index is 690. The van der Waals surface area contributed by atoms with Gasteiger partial charge in [-0.25, -0.2) is 8.42 Å². The molecule has 2 rings (SSSR count). The number of nitrogens with one attached hydrogen (secondary N) is 1. The predicted molar refractivity (Wildman–Crippen MR) is 83.6 cm³/mol. The molecule has 1 aliphatic rings. The minimum Gasteiger partial charge on any atom is -0.480 e. The Morgan fingerprint density at radius 3 is 2.57 bits per heavy atom. The maximum atomic E-state index is 12.6. The van der Waals surface area contributed by atoms with Gasteiger partial charge in [0, 0.05) is 18.1 Å². The number of carboxylic acid groups (broad SMARTS) is 1. The Balaban J connectivity index is 2.09. The third-order valence-corrected chi connectivity index (χ3v) is 5.75. The summed E-state index contributed by atoms with van der Waals surface area (Å²) in [5.74, 6) is -2.13. The molecule has 9 heteroatoms. The zero-order valence-electron chi connectivity index (χ0n) is 12.2. The summed E-state index contributed by atoms with van der Waals surface area (Å²) in [6, 6.07) is 5.84. The van der Waals surface area contributed by atoms with Crippen molar-refractivity contribution in [2.24, 2.45) is 5.92 Å². The summed E-state index contributed by atoms with van der Waals surface area (Å²) in [4.78, 5) is 22.6. The van der Waals surface area contributed by atoms with Crippen molar-refractivity contribution in [3.05, 3.63) is 29.3 Å². The Hall–Kier alpha value is -1.64. The number of amides is 1. The molecule has 0 aliphatic carbocycles. The van der Waals surface area contributed by atoms with Crippen LogP contribution in [0.3, 0.4) is 0 Å². The largest absolute Gasteiger partial charge is 0.480 e. The lowest BCUT2D eigenvalue weighted by Crippen LogP contribution is -2.46. The molecule has 1 aliphatic heterocycles. The van der Waals surface area contributed by atoms with Crippen LogP contribution < -0.4 is 5.32 Å². The van der Waals surface area contributed by atoms with E-state index in [2.05, 4.69) is 5.32 Å². The number of halogens is 1. The minimum absolute atomic E-state index is 0.0381. The number of hydrogen-bond donors (Lipinski definition) is 2. The summed E-state index contributed by atoms with van der Waals surface area (Å²) >= 11 is 5.76. The second-order valence-corrected chi connectivity index (χ2v) is 7.64. The summed E-state index contributed by atoms with van der Waals surface area (Å²) < 4.78 is 26.4. The van der Waals surface area contributed by atoms with Crippen molar-refractivity contribution in [1.29, 1.82) is 0 Å². The zero-order valence-corrected chi connectivity index (χ0v) is 13.8. The summed E-state index contributed by atoms with van der Waals surface area (Å²) in [5, 5.41) is 11.3. The number of nitrogens with zero attached hydrogens (tertiary/aromatic N) is 1. The van der Waals surface area contributed by atoms with Crippen LogP contribution in [0.4, 0.5) is 0 Å². The van der Waals surface area contributed by atoms with Crippen molar-refractivity contribution < 1.29 is 23.1 Å². The second-order valence-electron chi connectivity index (χ2n) is 5.27. The predicted octanol–water partition coefficient (Wildman–Crippen LogP) is 0.941. The monoisotopic (exact) mass is 360 g/mol. The van der Waals surface area contributed by atoms with Crippen molar-refractivity contribution in [3.63, 3.8) is 0 Å². The molecule has 1 amide bonds. The number of carboxylic acids is 1. The van der Waals surface area contributed by atoms with Gasteiger partial charge in [0.2, 0.25) is 15.9 Å². The van der Waals surface area contributed by atoms with Gasteiger partial charge in [-0.05, 0) is 37.1 Å². The highest BCUT2D eigenvalue weighted by Gasteiger charge is 2.33. The Morgan fingerprint density at radius 2 is 1.96 bits per heavy atom. The van der Waals surface area contributed by atoms with Gasteiger partial charge in [-0.15, -0.1) is 0 Å². The summed E-state index contributed by atoms with van der Waals surface area (Å²) in [5.41, 5.74) is 0. The number of piperidine rings is 1. The van der Waals surface area contributed by atoms with Gasteiger partial charge < -0.3 is 10.4 Å². The van der Waals surface area contributed by atoms with E-state index in [4.69, 9.17) is 16.7 Å². The fourth-order valence-corrected chi connectivity index (χ4v) is 4.09. The number of rotatable bonds is 5. The van der Waals surface area contributed by atoms with Crippen LogP contribution in [0.5, 0.6) is 0 Å². The normalized spacial score (nSPS) is 19.3. The van der Waals surface area contributed by atoms with Crippen molar-refractivity contribution in [2.45, 2.75) is 17.7 Å². The number of carbonyl (C=O) groups excluding carboxylic acids is 1. The molecule has 1 atom stereocenters. The number of carbonyl (C=O) groups is 2. The van der Waals surface area contributed by atoms with E-state index in [9.17, 15) is 18.0 Å². The van der Waals surface area contributed by atoms with E-state index in [1.165, 1.54) is 28.6 Å². The zero-order chi connectivity index (χ0) is 17.0. The minimum atomic E-state index is -3.70. The highest BCUT2D eigenvalue weighted by Crippen LogP contribution is 2.24. The molecule has 0 saturated carbocycles. The van der Waals surface area contributed by atoms with Crippen LogP contribution in [0.25, 0.3) is 0 Å². The molecule has 1 aromatic carbocycles. The van der Waals surface area contributed by atoms with E-state index < -0.39 is 34.4 Å². The average molecular weight is 361 g/mol. The molecule has 1 saturated heterocycles. The maximum Gasteiger partial charge on any atom is 0.322 e. The van der Waals surface area contributed by atoms with Gasteiger partial charge in [-0.2, -0.15) is 4.31 Å². The summed E-state index contributed by atoms with van der Waals surface area (Å²) in [6.07, 6.45) is 1.07.